The third-order valence-electron chi connectivity index (χ3n) is 3.22. The molecule has 0 spiro atoms. The first-order chi connectivity index (χ1) is 7.31. The summed E-state index contributed by atoms with van der Waals surface area (Å²) in [6, 6.07) is 2.09. The number of nitrogens with one attached hydrogen (secondary N) is 1. The van der Waals surface area contributed by atoms with Crippen molar-refractivity contribution in [2.24, 2.45) is 11.7 Å². The summed E-state index contributed by atoms with van der Waals surface area (Å²) >= 11 is 0. The number of nitrogens with zero attached hydrogens (tertiary/aromatic N) is 2. The second-order valence-electron chi connectivity index (χ2n) is 4.34. The predicted octanol–water partition coefficient (Wildman–Crippen LogP) is 0.753. The standard InChI is InChI=1S/C11H20N4/c1-2-15-4-3-9(8-15)5-10-6-11(7-12)14-13-10/h6,9H,2-5,7-8,12H2,1H3,(H,13,14). The molecular weight excluding hydrogens is 188 g/mol. The number of nitrogens with two attached hydrogens (primary N) is 1. The molecule has 3 N–H and O–H groups in total. The molecule has 0 saturated carbocycles. The van der Waals surface area contributed by atoms with E-state index in [-0.39, 0.29) is 0 Å². The average molecular weight is 208 g/mol. The molecule has 4 nitrogen and oxygen atoms in total. The van der Waals surface area contributed by atoms with Gasteiger partial charge in [-0.3, -0.25) is 5.10 Å². The second-order valence-corrected chi connectivity index (χ2v) is 4.34. The molecule has 2 heterocycles. The molecule has 1 aliphatic heterocycles. The van der Waals surface area contributed by atoms with Crippen molar-refractivity contribution >= 4 is 0 Å². The summed E-state index contributed by atoms with van der Waals surface area (Å²) in [5.74, 6) is 0.777. The largest absolute Gasteiger partial charge is 0.325 e. The number of aromatic amines is 1. The van der Waals surface area contributed by atoms with Gasteiger partial charge in [-0.05, 0) is 37.9 Å². The predicted molar refractivity (Wildman–Crippen MR) is 60.4 cm³/mol. The molecule has 1 aromatic rings. The minimum Gasteiger partial charge on any atom is -0.325 e. The molecule has 15 heavy (non-hydrogen) atoms. The van der Waals surface area contributed by atoms with Gasteiger partial charge in [0.1, 0.15) is 0 Å². The van der Waals surface area contributed by atoms with Crippen molar-refractivity contribution in [2.75, 3.05) is 19.6 Å². The van der Waals surface area contributed by atoms with E-state index in [0.717, 1.165) is 18.0 Å². The van der Waals surface area contributed by atoms with E-state index in [2.05, 4.69) is 28.1 Å². The summed E-state index contributed by atoms with van der Waals surface area (Å²) < 4.78 is 0. The zero-order valence-corrected chi connectivity index (χ0v) is 9.37. The number of hydrogen-bond donors (Lipinski definition) is 2. The van der Waals surface area contributed by atoms with Crippen molar-refractivity contribution in [3.8, 4) is 0 Å². The van der Waals surface area contributed by atoms with Crippen LogP contribution in [-0.4, -0.2) is 34.7 Å². The van der Waals surface area contributed by atoms with Gasteiger partial charge in [0.15, 0.2) is 0 Å². The van der Waals surface area contributed by atoms with Crippen molar-refractivity contribution in [1.29, 1.82) is 0 Å². The lowest BCUT2D eigenvalue weighted by Crippen LogP contribution is -2.20. The van der Waals surface area contributed by atoms with Crippen LogP contribution in [0.4, 0.5) is 0 Å². The van der Waals surface area contributed by atoms with Crippen LogP contribution < -0.4 is 5.73 Å². The highest BCUT2D eigenvalue weighted by molar-refractivity contribution is 5.09. The first-order valence-electron chi connectivity index (χ1n) is 5.77. The highest BCUT2D eigenvalue weighted by Crippen LogP contribution is 2.19. The van der Waals surface area contributed by atoms with Gasteiger partial charge in [-0.15, -0.1) is 0 Å². The van der Waals surface area contributed by atoms with Crippen LogP contribution >= 0.6 is 0 Å². The van der Waals surface area contributed by atoms with Gasteiger partial charge in [-0.1, -0.05) is 6.92 Å². The molecule has 0 aromatic carbocycles. The summed E-state index contributed by atoms with van der Waals surface area (Å²) in [4.78, 5) is 2.50. The molecule has 1 unspecified atom stereocenters. The highest BCUT2D eigenvalue weighted by atomic mass is 15.1. The Balaban J connectivity index is 1.87. The Morgan fingerprint density at radius 1 is 1.67 bits per heavy atom. The number of aromatic nitrogens is 2. The van der Waals surface area contributed by atoms with E-state index in [1.165, 1.54) is 31.7 Å². The molecule has 0 aliphatic carbocycles. The molecule has 1 aromatic heterocycles. The molecule has 2 rings (SSSR count). The maximum atomic E-state index is 5.54. The third kappa shape index (κ3) is 2.58. The zero-order valence-electron chi connectivity index (χ0n) is 9.37. The van der Waals surface area contributed by atoms with Crippen molar-refractivity contribution in [2.45, 2.75) is 26.3 Å². The van der Waals surface area contributed by atoms with E-state index in [0.29, 0.717) is 6.54 Å². The minimum absolute atomic E-state index is 0.554. The number of hydrogen-bond acceptors (Lipinski definition) is 3. The molecule has 0 amide bonds. The van der Waals surface area contributed by atoms with Crippen molar-refractivity contribution < 1.29 is 0 Å². The van der Waals surface area contributed by atoms with E-state index in [4.69, 9.17) is 5.73 Å². The van der Waals surface area contributed by atoms with Crippen molar-refractivity contribution in [3.63, 3.8) is 0 Å². The first-order valence-corrected chi connectivity index (χ1v) is 5.77. The van der Waals surface area contributed by atoms with Gasteiger partial charge in [-0.25, -0.2) is 0 Å². The van der Waals surface area contributed by atoms with Crippen LogP contribution in [0.3, 0.4) is 0 Å². The quantitative estimate of drug-likeness (QED) is 0.767. The second kappa shape index (κ2) is 4.77. The van der Waals surface area contributed by atoms with Gasteiger partial charge >= 0.3 is 0 Å². The molecule has 1 atom stereocenters. The minimum atomic E-state index is 0.554. The van der Waals surface area contributed by atoms with Crippen LogP contribution in [0.2, 0.25) is 0 Å². The van der Waals surface area contributed by atoms with Crippen LogP contribution in [0, 0.1) is 5.92 Å². The third-order valence-corrected chi connectivity index (χ3v) is 3.22. The van der Waals surface area contributed by atoms with Gasteiger partial charge < -0.3 is 10.6 Å². The van der Waals surface area contributed by atoms with E-state index in [9.17, 15) is 0 Å². The SMILES string of the molecule is CCN1CCC(Cc2cc(CN)[nH]n2)C1. The summed E-state index contributed by atoms with van der Waals surface area (Å²) in [6.07, 6.45) is 2.39. The molecule has 0 radical (unpaired) electrons. The molecule has 84 valence electrons. The van der Waals surface area contributed by atoms with E-state index in [1.54, 1.807) is 0 Å². The molecule has 0 bridgehead atoms. The average Bonchev–Trinajstić information content (AvgIpc) is 2.87. The number of H-pyrrole nitrogens is 1. The van der Waals surface area contributed by atoms with Crippen LogP contribution in [0.15, 0.2) is 6.07 Å². The smallest absolute Gasteiger partial charge is 0.0628 e. The van der Waals surface area contributed by atoms with Gasteiger partial charge in [-0.2, -0.15) is 5.10 Å². The highest BCUT2D eigenvalue weighted by Gasteiger charge is 2.21. The Morgan fingerprint density at radius 3 is 3.13 bits per heavy atom. The Morgan fingerprint density at radius 2 is 2.53 bits per heavy atom. The summed E-state index contributed by atoms with van der Waals surface area (Å²) in [7, 11) is 0. The molecule has 1 fully saturated rings. The Labute approximate surface area is 90.8 Å². The Kier molecular flexibility index (Phi) is 3.38. The van der Waals surface area contributed by atoms with E-state index >= 15 is 0 Å². The molecule has 1 aliphatic rings. The van der Waals surface area contributed by atoms with E-state index in [1.807, 2.05) is 0 Å². The normalized spacial score (nSPS) is 22.4. The molecule has 4 heteroatoms. The lowest BCUT2D eigenvalue weighted by molar-refractivity contribution is 0.341. The topological polar surface area (TPSA) is 57.9 Å². The van der Waals surface area contributed by atoms with Crippen LogP contribution in [0.5, 0.6) is 0 Å². The van der Waals surface area contributed by atoms with Crippen LogP contribution in [0.1, 0.15) is 24.7 Å². The van der Waals surface area contributed by atoms with Gasteiger partial charge in [0.2, 0.25) is 0 Å². The maximum Gasteiger partial charge on any atom is 0.0628 e. The lowest BCUT2D eigenvalue weighted by Gasteiger charge is -2.11. The number of rotatable bonds is 4. The number of likely N-dealkylation sites (tertiary alicyclic amines) is 1. The fraction of sp³-hybridized carbons (Fsp3) is 0.727. The van der Waals surface area contributed by atoms with Gasteiger partial charge in [0.25, 0.3) is 0 Å². The van der Waals surface area contributed by atoms with Crippen molar-refractivity contribution in [1.82, 2.24) is 15.1 Å². The molecular formula is C11H20N4. The van der Waals surface area contributed by atoms with Gasteiger partial charge in [0, 0.05) is 18.8 Å². The summed E-state index contributed by atoms with van der Waals surface area (Å²) in [5, 5.41) is 7.24. The van der Waals surface area contributed by atoms with Crippen LogP contribution in [-0.2, 0) is 13.0 Å². The summed E-state index contributed by atoms with van der Waals surface area (Å²) in [5.41, 5.74) is 7.74. The Bertz CT molecular complexity index is 307. The fourth-order valence-corrected chi connectivity index (χ4v) is 2.28. The van der Waals surface area contributed by atoms with Crippen molar-refractivity contribution in [3.05, 3.63) is 17.5 Å². The Hall–Kier alpha value is -0.870. The van der Waals surface area contributed by atoms with Crippen LogP contribution in [0.25, 0.3) is 0 Å². The maximum absolute atomic E-state index is 5.54. The monoisotopic (exact) mass is 208 g/mol. The first kappa shape index (κ1) is 10.6. The summed E-state index contributed by atoms with van der Waals surface area (Å²) in [6.45, 7) is 6.42. The molecule has 1 saturated heterocycles. The zero-order chi connectivity index (χ0) is 10.7. The fourth-order valence-electron chi connectivity index (χ4n) is 2.28. The van der Waals surface area contributed by atoms with E-state index < -0.39 is 0 Å². The van der Waals surface area contributed by atoms with Gasteiger partial charge in [0.05, 0.1) is 5.69 Å². The lowest BCUT2D eigenvalue weighted by atomic mass is 10.0.